The monoisotopic (exact) mass is 335 g/mol. The van der Waals surface area contributed by atoms with E-state index >= 15 is 0 Å². The third-order valence-corrected chi connectivity index (χ3v) is 4.18. The van der Waals surface area contributed by atoms with Gasteiger partial charge in [-0.1, -0.05) is 48.5 Å². The SMILES string of the molecule is C[C@H](c1ccccc1)N(C)C(=O)c1ccc(COc2ccccc2)o1. The van der Waals surface area contributed by atoms with Crippen molar-refractivity contribution >= 4 is 5.91 Å². The molecule has 0 bridgehead atoms. The van der Waals surface area contributed by atoms with Crippen LogP contribution in [-0.2, 0) is 6.61 Å². The number of ether oxygens (including phenoxy) is 1. The van der Waals surface area contributed by atoms with E-state index in [0.29, 0.717) is 11.5 Å². The molecule has 2 aromatic carbocycles. The molecule has 1 aromatic heterocycles. The standard InChI is InChI=1S/C21H21NO3/c1-16(17-9-5-3-6-10-17)22(2)21(23)20-14-13-19(25-20)15-24-18-11-7-4-8-12-18/h3-14,16H,15H2,1-2H3/t16-/m1/s1. The molecule has 4 nitrogen and oxygen atoms in total. The molecule has 1 amide bonds. The number of carbonyl (C=O) groups excluding carboxylic acids is 1. The van der Waals surface area contributed by atoms with E-state index in [1.807, 2.05) is 67.6 Å². The van der Waals surface area contributed by atoms with Gasteiger partial charge in [0.25, 0.3) is 5.91 Å². The minimum absolute atomic E-state index is 0.0391. The van der Waals surface area contributed by atoms with Crippen molar-refractivity contribution in [2.45, 2.75) is 19.6 Å². The summed E-state index contributed by atoms with van der Waals surface area (Å²) in [7, 11) is 1.78. The van der Waals surface area contributed by atoms with Crippen molar-refractivity contribution in [3.8, 4) is 5.75 Å². The first kappa shape index (κ1) is 16.8. The van der Waals surface area contributed by atoms with E-state index in [-0.39, 0.29) is 18.6 Å². The average molecular weight is 335 g/mol. The normalized spacial score (nSPS) is 11.8. The van der Waals surface area contributed by atoms with Gasteiger partial charge in [0, 0.05) is 7.05 Å². The van der Waals surface area contributed by atoms with Crippen molar-refractivity contribution in [1.29, 1.82) is 0 Å². The maximum Gasteiger partial charge on any atom is 0.289 e. The Morgan fingerprint density at radius 2 is 1.64 bits per heavy atom. The summed E-state index contributed by atoms with van der Waals surface area (Å²) >= 11 is 0. The number of nitrogens with zero attached hydrogens (tertiary/aromatic N) is 1. The summed E-state index contributed by atoms with van der Waals surface area (Å²) in [6.07, 6.45) is 0. The Morgan fingerprint density at radius 3 is 2.32 bits per heavy atom. The van der Waals surface area contributed by atoms with Crippen molar-refractivity contribution in [3.05, 3.63) is 89.9 Å². The zero-order chi connectivity index (χ0) is 17.6. The number of benzene rings is 2. The van der Waals surface area contributed by atoms with E-state index < -0.39 is 0 Å². The smallest absolute Gasteiger partial charge is 0.289 e. The summed E-state index contributed by atoms with van der Waals surface area (Å²) in [5.41, 5.74) is 1.08. The van der Waals surface area contributed by atoms with E-state index in [1.54, 1.807) is 24.1 Å². The Bertz CT molecular complexity index is 811. The highest BCUT2D eigenvalue weighted by molar-refractivity contribution is 5.91. The molecule has 3 aromatic rings. The molecule has 0 saturated carbocycles. The fourth-order valence-electron chi connectivity index (χ4n) is 2.55. The molecular weight excluding hydrogens is 314 g/mol. The summed E-state index contributed by atoms with van der Waals surface area (Å²) in [6.45, 7) is 2.28. The molecule has 128 valence electrons. The van der Waals surface area contributed by atoms with Crippen LogP contribution in [0.15, 0.2) is 77.2 Å². The molecule has 1 heterocycles. The summed E-state index contributed by atoms with van der Waals surface area (Å²) in [5, 5.41) is 0. The predicted molar refractivity (Wildman–Crippen MR) is 96.4 cm³/mol. The molecule has 0 N–H and O–H groups in total. The van der Waals surface area contributed by atoms with Crippen LogP contribution in [0.5, 0.6) is 5.75 Å². The van der Waals surface area contributed by atoms with Gasteiger partial charge in [0.1, 0.15) is 18.1 Å². The molecule has 0 aliphatic heterocycles. The van der Waals surface area contributed by atoms with Gasteiger partial charge in [0.05, 0.1) is 6.04 Å². The average Bonchev–Trinajstić information content (AvgIpc) is 3.15. The number of carbonyl (C=O) groups is 1. The number of amides is 1. The quantitative estimate of drug-likeness (QED) is 0.656. The molecule has 0 saturated heterocycles. The van der Waals surface area contributed by atoms with Crippen LogP contribution < -0.4 is 4.74 Å². The highest BCUT2D eigenvalue weighted by atomic mass is 16.5. The molecule has 0 aliphatic rings. The topological polar surface area (TPSA) is 42.7 Å². The number of rotatable bonds is 6. The third-order valence-electron chi connectivity index (χ3n) is 4.18. The predicted octanol–water partition coefficient (Wildman–Crippen LogP) is 4.69. The highest BCUT2D eigenvalue weighted by Gasteiger charge is 2.21. The fourth-order valence-corrected chi connectivity index (χ4v) is 2.55. The van der Waals surface area contributed by atoms with Gasteiger partial charge in [0.15, 0.2) is 5.76 Å². The van der Waals surface area contributed by atoms with E-state index in [0.717, 1.165) is 11.3 Å². The van der Waals surface area contributed by atoms with Crippen molar-refractivity contribution in [1.82, 2.24) is 4.90 Å². The lowest BCUT2D eigenvalue weighted by Crippen LogP contribution is -2.29. The highest BCUT2D eigenvalue weighted by Crippen LogP contribution is 2.21. The van der Waals surface area contributed by atoms with Gasteiger partial charge in [-0.05, 0) is 36.8 Å². The van der Waals surface area contributed by atoms with Crippen LogP contribution in [0, 0.1) is 0 Å². The first-order valence-electron chi connectivity index (χ1n) is 8.24. The molecule has 0 aliphatic carbocycles. The Balaban J connectivity index is 1.64. The van der Waals surface area contributed by atoms with Crippen LogP contribution in [0.2, 0.25) is 0 Å². The van der Waals surface area contributed by atoms with Crippen molar-refractivity contribution < 1.29 is 13.9 Å². The fraction of sp³-hybridized carbons (Fsp3) is 0.190. The number of hydrogen-bond acceptors (Lipinski definition) is 3. The Labute approximate surface area is 147 Å². The maximum atomic E-state index is 12.6. The van der Waals surface area contributed by atoms with Gasteiger partial charge < -0.3 is 14.1 Å². The molecular formula is C21H21NO3. The molecule has 0 radical (unpaired) electrons. The van der Waals surface area contributed by atoms with Gasteiger partial charge in [-0.25, -0.2) is 0 Å². The molecule has 3 rings (SSSR count). The van der Waals surface area contributed by atoms with Crippen molar-refractivity contribution in [3.63, 3.8) is 0 Å². The van der Waals surface area contributed by atoms with E-state index in [1.165, 1.54) is 0 Å². The summed E-state index contributed by atoms with van der Waals surface area (Å²) in [6, 6.07) is 22.9. The first-order chi connectivity index (χ1) is 12.1. The van der Waals surface area contributed by atoms with E-state index in [2.05, 4.69) is 0 Å². The van der Waals surface area contributed by atoms with Crippen LogP contribution >= 0.6 is 0 Å². The number of hydrogen-bond donors (Lipinski definition) is 0. The van der Waals surface area contributed by atoms with Crippen molar-refractivity contribution in [2.24, 2.45) is 0 Å². The second-order valence-electron chi connectivity index (χ2n) is 5.87. The first-order valence-corrected chi connectivity index (χ1v) is 8.24. The molecule has 0 spiro atoms. The summed E-state index contributed by atoms with van der Waals surface area (Å²) in [5.74, 6) is 1.55. The van der Waals surface area contributed by atoms with Crippen LogP contribution in [0.4, 0.5) is 0 Å². The Kier molecular flexibility index (Phi) is 5.19. The largest absolute Gasteiger partial charge is 0.486 e. The minimum Gasteiger partial charge on any atom is -0.486 e. The Hall–Kier alpha value is -3.01. The lowest BCUT2D eigenvalue weighted by atomic mass is 10.1. The van der Waals surface area contributed by atoms with Crippen LogP contribution in [0.1, 0.15) is 34.8 Å². The number of furan rings is 1. The van der Waals surface area contributed by atoms with Gasteiger partial charge >= 0.3 is 0 Å². The van der Waals surface area contributed by atoms with E-state index in [4.69, 9.17) is 9.15 Å². The van der Waals surface area contributed by atoms with Gasteiger partial charge in [-0.2, -0.15) is 0 Å². The van der Waals surface area contributed by atoms with Gasteiger partial charge in [0.2, 0.25) is 0 Å². The molecule has 1 atom stereocenters. The summed E-state index contributed by atoms with van der Waals surface area (Å²) < 4.78 is 11.3. The second kappa shape index (κ2) is 7.71. The minimum atomic E-state index is -0.151. The third kappa shape index (κ3) is 4.10. The van der Waals surface area contributed by atoms with Crippen LogP contribution in [0.25, 0.3) is 0 Å². The zero-order valence-electron chi connectivity index (χ0n) is 14.4. The van der Waals surface area contributed by atoms with Gasteiger partial charge in [-0.3, -0.25) is 4.79 Å². The van der Waals surface area contributed by atoms with E-state index in [9.17, 15) is 4.79 Å². The van der Waals surface area contributed by atoms with Crippen LogP contribution in [0.3, 0.4) is 0 Å². The zero-order valence-corrected chi connectivity index (χ0v) is 14.4. The maximum absolute atomic E-state index is 12.6. The van der Waals surface area contributed by atoms with Crippen molar-refractivity contribution in [2.75, 3.05) is 7.05 Å². The van der Waals surface area contributed by atoms with Gasteiger partial charge in [-0.15, -0.1) is 0 Å². The molecule has 25 heavy (non-hydrogen) atoms. The Morgan fingerprint density at radius 1 is 1.00 bits per heavy atom. The molecule has 0 unspecified atom stereocenters. The lowest BCUT2D eigenvalue weighted by molar-refractivity contribution is 0.0706. The molecule has 4 heteroatoms. The van der Waals surface area contributed by atoms with Crippen LogP contribution in [-0.4, -0.2) is 17.9 Å². The second-order valence-corrected chi connectivity index (χ2v) is 5.87. The lowest BCUT2D eigenvalue weighted by Gasteiger charge is -2.24. The molecule has 0 fully saturated rings. The summed E-state index contributed by atoms with van der Waals surface area (Å²) in [4.78, 5) is 14.3. The number of para-hydroxylation sites is 1.